The summed E-state index contributed by atoms with van der Waals surface area (Å²) < 4.78 is 9.50. The zero-order chi connectivity index (χ0) is 13.4. The Morgan fingerprint density at radius 1 is 1.17 bits per heavy atom. The molecule has 0 aliphatic carbocycles. The van der Waals surface area contributed by atoms with Crippen LogP contribution in [0.25, 0.3) is 0 Å². The minimum Gasteiger partial charge on any atom is -0.368 e. The van der Waals surface area contributed by atoms with Gasteiger partial charge < -0.3 is 11.1 Å². The number of rotatable bonds is 3. The van der Waals surface area contributed by atoms with Crippen molar-refractivity contribution in [3.8, 4) is 0 Å². The number of nitrogen functional groups attached to an aromatic ring is 1. The molecule has 0 saturated carbocycles. The fraction of sp³-hybridized carbons (Fsp3) is 0.250. The Hall–Kier alpha value is -2.24. The van der Waals surface area contributed by atoms with E-state index in [2.05, 4.69) is 20.3 Å². The Kier molecular flexibility index (Phi) is 5.50. The first-order valence-electron chi connectivity index (χ1n) is 5.39. The Morgan fingerprint density at radius 3 is 2.44 bits per heavy atom. The molecule has 0 fully saturated rings. The van der Waals surface area contributed by atoms with Gasteiger partial charge in [0.2, 0.25) is 11.9 Å². The number of nitrogens with one attached hydrogen (secondary N) is 1. The topological polar surface area (TPSA) is 76.7 Å². The molecule has 0 spiro atoms. The van der Waals surface area contributed by atoms with Gasteiger partial charge in [-0.3, -0.25) is 4.39 Å². The lowest BCUT2D eigenvalue weighted by Gasteiger charge is -2.13. The van der Waals surface area contributed by atoms with Crippen LogP contribution in [0, 0.1) is 0 Å². The van der Waals surface area contributed by atoms with E-state index in [-0.39, 0.29) is 12.0 Å². The van der Waals surface area contributed by atoms with E-state index in [4.69, 9.17) is 5.73 Å². The number of alkyl halides is 1. The van der Waals surface area contributed by atoms with Crippen LogP contribution in [0.1, 0.15) is 18.5 Å². The van der Waals surface area contributed by atoms with Crippen molar-refractivity contribution in [2.75, 3.05) is 18.2 Å². The summed E-state index contributed by atoms with van der Waals surface area (Å²) in [5.74, 6) is 0.710. The van der Waals surface area contributed by atoms with Crippen molar-refractivity contribution >= 4 is 11.9 Å². The number of anilines is 2. The van der Waals surface area contributed by atoms with Gasteiger partial charge in [0.05, 0.1) is 13.2 Å². The molecule has 0 aliphatic rings. The number of aromatic nitrogens is 3. The number of hydrogen-bond donors (Lipinski definition) is 2. The molecule has 1 unspecified atom stereocenters. The molecule has 3 N–H and O–H groups in total. The first-order chi connectivity index (χ1) is 8.75. The van der Waals surface area contributed by atoms with Crippen LogP contribution in [0.15, 0.2) is 36.7 Å². The van der Waals surface area contributed by atoms with E-state index in [0.717, 1.165) is 0 Å². The lowest BCUT2D eigenvalue weighted by Crippen LogP contribution is -2.10. The monoisotopic (exact) mass is 249 g/mol. The molecule has 1 atom stereocenters. The van der Waals surface area contributed by atoms with Gasteiger partial charge >= 0.3 is 0 Å². The second-order valence-electron chi connectivity index (χ2n) is 3.44. The van der Waals surface area contributed by atoms with Crippen LogP contribution in [-0.4, -0.2) is 22.1 Å². The summed E-state index contributed by atoms with van der Waals surface area (Å²) >= 11 is 0. The third-order valence-electron chi connectivity index (χ3n) is 2.24. The van der Waals surface area contributed by atoms with Gasteiger partial charge in [-0.2, -0.15) is 4.98 Å². The predicted octanol–water partition coefficient (Wildman–Crippen LogP) is 2.21. The van der Waals surface area contributed by atoms with Crippen LogP contribution in [0.4, 0.5) is 16.3 Å². The quantitative estimate of drug-likeness (QED) is 0.872. The summed E-state index contributed by atoms with van der Waals surface area (Å²) in [4.78, 5) is 11.7. The number of hydrogen-bond acceptors (Lipinski definition) is 5. The van der Waals surface area contributed by atoms with E-state index >= 15 is 0 Å². The van der Waals surface area contributed by atoms with Gasteiger partial charge in [0.25, 0.3) is 0 Å². The van der Waals surface area contributed by atoms with E-state index in [9.17, 15) is 4.39 Å². The number of halogens is 1. The van der Waals surface area contributed by atoms with E-state index < -0.39 is 0 Å². The third kappa shape index (κ3) is 3.97. The molecule has 1 aromatic carbocycles. The summed E-state index contributed by atoms with van der Waals surface area (Å²) in [6, 6.07) is 10.2. The van der Waals surface area contributed by atoms with Gasteiger partial charge in [0, 0.05) is 0 Å². The van der Waals surface area contributed by atoms with Crippen LogP contribution in [0.5, 0.6) is 0 Å². The van der Waals surface area contributed by atoms with Crippen LogP contribution < -0.4 is 11.1 Å². The maximum absolute atomic E-state index is 9.50. The van der Waals surface area contributed by atoms with Crippen molar-refractivity contribution in [1.29, 1.82) is 0 Å². The molecule has 96 valence electrons. The molecule has 18 heavy (non-hydrogen) atoms. The predicted molar refractivity (Wildman–Crippen MR) is 69.8 cm³/mol. The molecule has 6 heteroatoms. The van der Waals surface area contributed by atoms with Crippen molar-refractivity contribution in [3.63, 3.8) is 0 Å². The lowest BCUT2D eigenvalue weighted by molar-refractivity contribution is 0.636. The van der Waals surface area contributed by atoms with Gasteiger partial charge in [-0.1, -0.05) is 30.3 Å². The van der Waals surface area contributed by atoms with Crippen molar-refractivity contribution in [2.24, 2.45) is 0 Å². The maximum Gasteiger partial charge on any atom is 0.227 e. The average molecular weight is 249 g/mol. The normalized spacial score (nSPS) is 11.1. The molecule has 0 bridgehead atoms. The highest BCUT2D eigenvalue weighted by molar-refractivity contribution is 5.33. The highest BCUT2D eigenvalue weighted by atomic mass is 19.1. The van der Waals surface area contributed by atoms with E-state index in [0.29, 0.717) is 13.1 Å². The van der Waals surface area contributed by atoms with E-state index in [1.54, 1.807) is 0 Å². The summed E-state index contributed by atoms with van der Waals surface area (Å²) in [5, 5.41) is 3.16. The summed E-state index contributed by atoms with van der Waals surface area (Å²) in [7, 11) is 0.500. The van der Waals surface area contributed by atoms with Crippen molar-refractivity contribution in [1.82, 2.24) is 15.0 Å². The Labute approximate surface area is 105 Å². The SMILES string of the molecule is CC(Nc1ncnc(N)n1)c1ccccc1.CF. The zero-order valence-corrected chi connectivity index (χ0v) is 10.3. The molecule has 0 saturated heterocycles. The first kappa shape index (κ1) is 13.8. The van der Waals surface area contributed by atoms with Crippen molar-refractivity contribution in [2.45, 2.75) is 13.0 Å². The van der Waals surface area contributed by atoms with Gasteiger partial charge in [-0.05, 0) is 12.5 Å². The number of nitrogens with two attached hydrogens (primary N) is 1. The zero-order valence-electron chi connectivity index (χ0n) is 10.3. The molecular formula is C12H16FN5. The molecule has 2 rings (SSSR count). The Bertz CT molecular complexity index is 463. The number of nitrogens with zero attached hydrogens (tertiary/aromatic N) is 3. The van der Waals surface area contributed by atoms with E-state index in [1.807, 2.05) is 37.3 Å². The molecule has 5 nitrogen and oxygen atoms in total. The fourth-order valence-corrected chi connectivity index (χ4v) is 1.40. The van der Waals surface area contributed by atoms with Crippen molar-refractivity contribution in [3.05, 3.63) is 42.2 Å². The van der Waals surface area contributed by atoms with Crippen LogP contribution >= 0.6 is 0 Å². The van der Waals surface area contributed by atoms with Gasteiger partial charge in [0.1, 0.15) is 6.33 Å². The highest BCUT2D eigenvalue weighted by Crippen LogP contribution is 2.15. The summed E-state index contributed by atoms with van der Waals surface area (Å²) in [5.41, 5.74) is 6.64. The Morgan fingerprint density at radius 2 is 1.83 bits per heavy atom. The molecule has 2 aromatic rings. The standard InChI is InChI=1S/C11H13N5.CH3F/c1-8(9-5-3-2-4-6-9)15-11-14-7-13-10(12)16-11;1-2/h2-8H,1H3,(H3,12,13,14,15,16);1H3. The largest absolute Gasteiger partial charge is 0.368 e. The van der Waals surface area contributed by atoms with Gasteiger partial charge in [0.15, 0.2) is 0 Å². The minimum atomic E-state index is 0.128. The lowest BCUT2D eigenvalue weighted by atomic mass is 10.1. The molecule has 0 radical (unpaired) electrons. The van der Waals surface area contributed by atoms with Crippen molar-refractivity contribution < 1.29 is 4.39 Å². The van der Waals surface area contributed by atoms with Crippen LogP contribution in [0.2, 0.25) is 0 Å². The molecule has 0 aliphatic heterocycles. The molecule has 1 aromatic heterocycles. The van der Waals surface area contributed by atoms with Crippen LogP contribution in [-0.2, 0) is 0 Å². The molecule has 0 amide bonds. The maximum atomic E-state index is 9.50. The van der Waals surface area contributed by atoms with Gasteiger partial charge in [-0.15, -0.1) is 0 Å². The Balaban J connectivity index is 0.000000771. The summed E-state index contributed by atoms with van der Waals surface area (Å²) in [6.07, 6.45) is 1.39. The average Bonchev–Trinajstić information content (AvgIpc) is 2.42. The van der Waals surface area contributed by atoms with E-state index in [1.165, 1.54) is 11.9 Å². The molecule has 1 heterocycles. The first-order valence-corrected chi connectivity index (χ1v) is 5.39. The highest BCUT2D eigenvalue weighted by Gasteiger charge is 2.06. The second-order valence-corrected chi connectivity index (χ2v) is 3.44. The van der Waals surface area contributed by atoms with Gasteiger partial charge in [-0.25, -0.2) is 9.97 Å². The smallest absolute Gasteiger partial charge is 0.227 e. The number of benzene rings is 1. The molecular weight excluding hydrogens is 233 g/mol. The third-order valence-corrected chi connectivity index (χ3v) is 2.24. The fourth-order valence-electron chi connectivity index (χ4n) is 1.40. The van der Waals surface area contributed by atoms with Crippen LogP contribution in [0.3, 0.4) is 0 Å². The minimum absolute atomic E-state index is 0.128. The summed E-state index contributed by atoms with van der Waals surface area (Å²) in [6.45, 7) is 2.04. The second kappa shape index (κ2) is 7.16.